The first-order valence-electron chi connectivity index (χ1n) is 25.9. The summed E-state index contributed by atoms with van der Waals surface area (Å²) in [6, 6.07) is 22.6. The molecule has 426 valence electrons. The number of esters is 6. The first-order valence-corrected chi connectivity index (χ1v) is 25.9. The molecular weight excluding hydrogens is 1040 g/mol. The van der Waals surface area contributed by atoms with E-state index in [4.69, 9.17) is 56.8 Å². The number of hydrogen-bond donors (Lipinski definition) is 0. The van der Waals surface area contributed by atoms with Crippen molar-refractivity contribution in [1.29, 1.82) is 0 Å². The van der Waals surface area contributed by atoms with Crippen molar-refractivity contribution in [3.05, 3.63) is 145 Å². The van der Waals surface area contributed by atoms with Gasteiger partial charge in [-0.2, -0.15) is 0 Å². The maximum absolute atomic E-state index is 13.2. The van der Waals surface area contributed by atoms with Crippen LogP contribution in [0.2, 0.25) is 0 Å². The molecule has 2 saturated heterocycles. The lowest BCUT2D eigenvalue weighted by Gasteiger charge is -2.33. The molecule has 0 saturated carbocycles. The van der Waals surface area contributed by atoms with Crippen LogP contribution in [0.5, 0.6) is 23.0 Å². The maximum atomic E-state index is 13.2. The highest BCUT2D eigenvalue weighted by Gasteiger charge is 2.51. The first-order chi connectivity index (χ1) is 37.8. The second kappa shape index (κ2) is 26.5. The molecule has 4 aromatic carbocycles. The minimum atomic E-state index is -0.966. The topological polar surface area (TPSA) is 247 Å². The van der Waals surface area contributed by atoms with Crippen LogP contribution in [0, 0.1) is 0 Å². The van der Waals surface area contributed by atoms with Crippen molar-refractivity contribution in [2.24, 2.45) is 0 Å². The van der Waals surface area contributed by atoms with E-state index in [9.17, 15) is 38.4 Å². The molecule has 4 aromatic rings. The molecule has 2 aliphatic heterocycles. The third-order valence-electron chi connectivity index (χ3n) is 13.4. The Kier molecular flexibility index (Phi) is 20.2. The summed E-state index contributed by atoms with van der Waals surface area (Å²) >= 11 is 0. The highest BCUT2D eigenvalue weighted by molar-refractivity contribution is 5.93. The lowest BCUT2D eigenvalue weighted by atomic mass is 9.88. The molecule has 0 N–H and O–H groups in total. The molecule has 0 bridgehead atoms. The molecule has 6 atom stereocenters. The molecule has 20 nitrogen and oxygen atoms in total. The molecule has 20 heteroatoms. The van der Waals surface area contributed by atoms with Gasteiger partial charge in [-0.15, -0.1) is 0 Å². The monoisotopic (exact) mass is 1110 g/mol. The van der Waals surface area contributed by atoms with E-state index in [-0.39, 0.29) is 58.5 Å². The van der Waals surface area contributed by atoms with E-state index in [2.05, 4.69) is 13.2 Å². The van der Waals surface area contributed by atoms with E-state index in [0.717, 1.165) is 12.2 Å². The third kappa shape index (κ3) is 17.3. The quantitative estimate of drug-likeness (QED) is 0.0208. The zero-order valence-corrected chi connectivity index (χ0v) is 45.9. The Hall–Kier alpha value is -8.36. The Morgan fingerprint density at radius 2 is 0.750 bits per heavy atom. The van der Waals surface area contributed by atoms with Gasteiger partial charge >= 0.3 is 48.1 Å². The number of carbonyl (C=O) groups excluding carboxylic acids is 8. The number of rotatable bonds is 24. The number of hydrogen-bond acceptors (Lipinski definition) is 20. The van der Waals surface area contributed by atoms with E-state index in [1.807, 2.05) is 20.8 Å². The summed E-state index contributed by atoms with van der Waals surface area (Å²) in [5.41, 5.74) is -2.86. The maximum Gasteiger partial charge on any atom is 0.514 e. The van der Waals surface area contributed by atoms with Gasteiger partial charge in [0, 0.05) is 12.2 Å². The van der Waals surface area contributed by atoms with E-state index in [1.165, 1.54) is 97.1 Å². The van der Waals surface area contributed by atoms with E-state index in [0.29, 0.717) is 38.5 Å². The van der Waals surface area contributed by atoms with Gasteiger partial charge in [-0.1, -0.05) is 27.0 Å². The zero-order valence-electron chi connectivity index (χ0n) is 45.9. The Bertz CT molecular complexity index is 2890. The van der Waals surface area contributed by atoms with Crippen LogP contribution in [-0.4, -0.2) is 108 Å². The van der Waals surface area contributed by atoms with Gasteiger partial charge in [0.1, 0.15) is 57.6 Å². The standard InChI is InChI=1S/C60H66O20/c1-11-47(61)77-57(5,6)31-32-58(7,8)79-55(67)73-43-27-19-37(20-28-43)51(63)71-41-23-15-39(16-24-41)53(65)75-45-35-69-50-46(36-70-49(45)50)76-54(66)40-17-25-42(26-18-40)72-52(64)38-21-29-44(30-22-38)74-56(68)80-60(10,14-4)34-33-59(9,13-3)78-48(62)12-2/h11-12,15-30,45-46,49-50H,1-2,13-14,31-36H2,3-10H3/t45-,46+,49+,50+,59?,60?/m0/s1. The van der Waals surface area contributed by atoms with Gasteiger partial charge in [0.2, 0.25) is 0 Å². The van der Waals surface area contributed by atoms with Crippen molar-refractivity contribution >= 4 is 48.1 Å². The molecule has 0 aromatic heterocycles. The molecule has 6 rings (SSSR count). The molecule has 2 heterocycles. The third-order valence-corrected chi connectivity index (χ3v) is 13.4. The van der Waals surface area contributed by atoms with Crippen molar-refractivity contribution in [2.75, 3.05) is 13.2 Å². The van der Waals surface area contributed by atoms with Gasteiger partial charge in [-0.3, -0.25) is 0 Å². The highest BCUT2D eigenvalue weighted by Crippen LogP contribution is 2.34. The van der Waals surface area contributed by atoms with Crippen molar-refractivity contribution in [1.82, 2.24) is 0 Å². The Labute approximate surface area is 463 Å². The predicted molar refractivity (Wildman–Crippen MR) is 284 cm³/mol. The number of benzene rings is 4. The van der Waals surface area contributed by atoms with E-state index >= 15 is 0 Å². The molecule has 0 spiro atoms. The van der Waals surface area contributed by atoms with Crippen LogP contribution in [0.3, 0.4) is 0 Å². The van der Waals surface area contributed by atoms with Gasteiger partial charge in [-0.05, 0) is 177 Å². The Morgan fingerprint density at radius 3 is 1.11 bits per heavy atom. The lowest BCUT2D eigenvalue weighted by molar-refractivity contribution is -0.154. The van der Waals surface area contributed by atoms with Crippen LogP contribution < -0.4 is 18.9 Å². The van der Waals surface area contributed by atoms with Crippen molar-refractivity contribution in [3.63, 3.8) is 0 Å². The summed E-state index contributed by atoms with van der Waals surface area (Å²) in [6.45, 7) is 21.0. The predicted octanol–water partition coefficient (Wildman–Crippen LogP) is 10.6. The second-order valence-electron chi connectivity index (χ2n) is 20.6. The van der Waals surface area contributed by atoms with Crippen LogP contribution in [0.4, 0.5) is 9.59 Å². The fourth-order valence-corrected chi connectivity index (χ4v) is 8.10. The summed E-state index contributed by atoms with van der Waals surface area (Å²) in [5.74, 6) is -3.41. The van der Waals surface area contributed by atoms with E-state index < -0.39 is 94.9 Å². The van der Waals surface area contributed by atoms with Crippen LogP contribution in [-0.2, 0) is 47.5 Å². The van der Waals surface area contributed by atoms with Gasteiger partial charge in [-0.25, -0.2) is 38.4 Å². The van der Waals surface area contributed by atoms with Crippen LogP contribution >= 0.6 is 0 Å². The Balaban J connectivity index is 0.904. The summed E-state index contributed by atoms with van der Waals surface area (Å²) in [6.07, 6.45) is -0.240. The fraction of sp³-hybridized carbons (Fsp3) is 0.400. The summed E-state index contributed by atoms with van der Waals surface area (Å²) < 4.78 is 66.8. The van der Waals surface area contributed by atoms with Gasteiger partial charge < -0.3 is 56.8 Å². The SMILES string of the molecule is C=CC(=O)OC(C)(C)CCC(C)(C)OC(=O)Oc1ccc(C(=O)Oc2ccc(C(=O)O[C@H]3CO[C@H]4[C@@H]3OC[C@H]4OC(=O)c3ccc(OC(=O)c4ccc(OC(=O)OC(C)(CC)CCC(C)(CC)OC(=O)C=C)cc4)cc3)cc2)cc1. The normalized spacial score (nSPS) is 18.1. The molecule has 0 amide bonds. The van der Waals surface area contributed by atoms with Crippen molar-refractivity contribution < 1.29 is 95.2 Å². The van der Waals surface area contributed by atoms with Crippen LogP contribution in [0.1, 0.15) is 135 Å². The Morgan fingerprint density at radius 1 is 0.438 bits per heavy atom. The molecule has 0 radical (unpaired) electrons. The van der Waals surface area contributed by atoms with Crippen molar-refractivity contribution in [3.8, 4) is 23.0 Å². The number of carbonyl (C=O) groups is 8. The van der Waals surface area contributed by atoms with Crippen LogP contribution in [0.15, 0.2) is 122 Å². The number of fused-ring (bicyclic) bond motifs is 1. The minimum Gasteiger partial charge on any atom is -0.457 e. The molecule has 2 fully saturated rings. The molecule has 2 aliphatic rings. The molecule has 2 unspecified atom stereocenters. The minimum absolute atomic E-state index is 0.0260. The van der Waals surface area contributed by atoms with E-state index in [1.54, 1.807) is 34.6 Å². The lowest BCUT2D eigenvalue weighted by Crippen LogP contribution is -2.37. The average molecular weight is 1110 g/mol. The van der Waals surface area contributed by atoms with Crippen molar-refractivity contribution in [2.45, 2.75) is 141 Å². The van der Waals surface area contributed by atoms with Gasteiger partial charge in [0.25, 0.3) is 0 Å². The van der Waals surface area contributed by atoms with Crippen LogP contribution in [0.25, 0.3) is 0 Å². The summed E-state index contributed by atoms with van der Waals surface area (Å²) in [7, 11) is 0. The second-order valence-corrected chi connectivity index (χ2v) is 20.6. The van der Waals surface area contributed by atoms with Gasteiger partial charge in [0.05, 0.1) is 35.5 Å². The summed E-state index contributed by atoms with van der Waals surface area (Å²) in [5, 5.41) is 0. The highest BCUT2D eigenvalue weighted by atomic mass is 16.7. The van der Waals surface area contributed by atoms with Gasteiger partial charge in [0.15, 0.2) is 12.2 Å². The summed E-state index contributed by atoms with van der Waals surface area (Å²) in [4.78, 5) is 101. The largest absolute Gasteiger partial charge is 0.514 e. The molecular formula is C60H66O20. The molecule has 80 heavy (non-hydrogen) atoms. The molecule has 0 aliphatic carbocycles. The zero-order chi connectivity index (χ0) is 58.4. The first kappa shape index (κ1) is 60.9. The number of ether oxygens (including phenoxy) is 12. The fourth-order valence-electron chi connectivity index (χ4n) is 8.10. The smallest absolute Gasteiger partial charge is 0.457 e. The average Bonchev–Trinajstić information content (AvgIpc) is 4.03.